The number of nitrogens with zero attached hydrogens (tertiary/aromatic N) is 1. The maximum absolute atomic E-state index is 12.6. The SMILES string of the molecule is CC(C)CC1(C(=O)NCCN2CCNCC2)CCCC1.Cl. The average Bonchev–Trinajstić information content (AvgIpc) is 2.89. The van der Waals surface area contributed by atoms with E-state index in [1.165, 1.54) is 12.8 Å². The molecule has 2 N–H and O–H groups in total. The largest absolute Gasteiger partial charge is 0.354 e. The highest BCUT2D eigenvalue weighted by Crippen LogP contribution is 2.43. The zero-order valence-corrected chi connectivity index (χ0v) is 14.4. The van der Waals surface area contributed by atoms with Crippen molar-refractivity contribution in [3.05, 3.63) is 0 Å². The number of carbonyl (C=O) groups excluding carboxylic acids is 1. The predicted octanol–water partition coefficient (Wildman–Crippen LogP) is 2.04. The van der Waals surface area contributed by atoms with Crippen LogP contribution in [0.4, 0.5) is 0 Å². The lowest BCUT2D eigenvalue weighted by molar-refractivity contribution is -0.131. The Morgan fingerprint density at radius 1 is 1.24 bits per heavy atom. The fourth-order valence-corrected chi connectivity index (χ4v) is 3.81. The first kappa shape index (κ1) is 18.7. The number of halogens is 1. The number of hydrogen-bond acceptors (Lipinski definition) is 3. The quantitative estimate of drug-likeness (QED) is 0.788. The Balaban J connectivity index is 0.00000220. The van der Waals surface area contributed by atoms with Gasteiger partial charge in [0.1, 0.15) is 0 Å². The molecule has 2 fully saturated rings. The summed E-state index contributed by atoms with van der Waals surface area (Å²) in [6, 6.07) is 0. The van der Waals surface area contributed by atoms with Crippen molar-refractivity contribution >= 4 is 18.3 Å². The van der Waals surface area contributed by atoms with Gasteiger partial charge in [0, 0.05) is 44.7 Å². The Morgan fingerprint density at radius 3 is 2.43 bits per heavy atom. The monoisotopic (exact) mass is 317 g/mol. The van der Waals surface area contributed by atoms with Crippen LogP contribution >= 0.6 is 12.4 Å². The van der Waals surface area contributed by atoms with Gasteiger partial charge in [-0.15, -0.1) is 12.4 Å². The van der Waals surface area contributed by atoms with E-state index in [9.17, 15) is 4.79 Å². The Kier molecular flexibility index (Phi) is 7.99. The molecule has 0 atom stereocenters. The van der Waals surface area contributed by atoms with E-state index in [-0.39, 0.29) is 17.8 Å². The first-order valence-corrected chi connectivity index (χ1v) is 8.34. The minimum Gasteiger partial charge on any atom is -0.354 e. The third-order valence-electron chi connectivity index (χ3n) is 4.76. The maximum Gasteiger partial charge on any atom is 0.226 e. The molecule has 1 aliphatic heterocycles. The summed E-state index contributed by atoms with van der Waals surface area (Å²) < 4.78 is 0. The minimum atomic E-state index is -0.0579. The van der Waals surface area contributed by atoms with Gasteiger partial charge in [-0.25, -0.2) is 0 Å². The zero-order chi connectivity index (χ0) is 14.4. The molecule has 0 aromatic rings. The van der Waals surface area contributed by atoms with Crippen molar-refractivity contribution in [3.8, 4) is 0 Å². The third kappa shape index (κ3) is 5.42. The molecule has 124 valence electrons. The summed E-state index contributed by atoms with van der Waals surface area (Å²) in [6.07, 6.45) is 5.66. The third-order valence-corrected chi connectivity index (χ3v) is 4.76. The lowest BCUT2D eigenvalue weighted by Gasteiger charge is -2.31. The van der Waals surface area contributed by atoms with Gasteiger partial charge in [0.15, 0.2) is 0 Å². The number of piperazine rings is 1. The van der Waals surface area contributed by atoms with Gasteiger partial charge in [0.25, 0.3) is 0 Å². The second-order valence-electron chi connectivity index (χ2n) is 6.93. The lowest BCUT2D eigenvalue weighted by atomic mass is 9.77. The van der Waals surface area contributed by atoms with Gasteiger partial charge >= 0.3 is 0 Å². The Bertz CT molecular complexity index is 311. The van der Waals surface area contributed by atoms with Crippen molar-refractivity contribution in [2.75, 3.05) is 39.3 Å². The molecule has 0 unspecified atom stereocenters. The number of hydrogen-bond donors (Lipinski definition) is 2. The Morgan fingerprint density at radius 2 is 1.86 bits per heavy atom. The van der Waals surface area contributed by atoms with Crippen LogP contribution in [0.2, 0.25) is 0 Å². The van der Waals surface area contributed by atoms with Crippen LogP contribution in [0.1, 0.15) is 46.0 Å². The standard InChI is InChI=1S/C16H31N3O.ClH/c1-14(2)13-16(5-3-4-6-16)15(20)18-9-12-19-10-7-17-8-11-19;/h14,17H,3-13H2,1-2H3,(H,18,20);1H. The fraction of sp³-hybridized carbons (Fsp3) is 0.938. The van der Waals surface area contributed by atoms with Crippen molar-refractivity contribution in [1.82, 2.24) is 15.5 Å². The smallest absolute Gasteiger partial charge is 0.226 e. The molecular formula is C16H32ClN3O. The fourth-order valence-electron chi connectivity index (χ4n) is 3.81. The number of rotatable bonds is 6. The summed E-state index contributed by atoms with van der Waals surface area (Å²) in [5.41, 5.74) is -0.0579. The van der Waals surface area contributed by atoms with Crippen LogP contribution in [0.5, 0.6) is 0 Å². The number of nitrogens with one attached hydrogen (secondary N) is 2. The summed E-state index contributed by atoms with van der Waals surface area (Å²) in [5.74, 6) is 0.922. The van der Waals surface area contributed by atoms with E-state index in [0.717, 1.165) is 58.5 Å². The van der Waals surface area contributed by atoms with Crippen LogP contribution in [0.3, 0.4) is 0 Å². The molecule has 2 aliphatic rings. The first-order valence-electron chi connectivity index (χ1n) is 8.34. The molecule has 0 bridgehead atoms. The topological polar surface area (TPSA) is 44.4 Å². The molecule has 1 heterocycles. The van der Waals surface area contributed by atoms with Gasteiger partial charge in [-0.1, -0.05) is 26.7 Å². The van der Waals surface area contributed by atoms with Crippen molar-refractivity contribution in [3.63, 3.8) is 0 Å². The molecule has 0 aromatic heterocycles. The van der Waals surface area contributed by atoms with E-state index < -0.39 is 0 Å². The maximum atomic E-state index is 12.6. The van der Waals surface area contributed by atoms with Gasteiger partial charge in [0.05, 0.1) is 0 Å². The summed E-state index contributed by atoms with van der Waals surface area (Å²) in [4.78, 5) is 15.0. The van der Waals surface area contributed by atoms with Crippen molar-refractivity contribution in [2.45, 2.75) is 46.0 Å². The molecule has 4 nitrogen and oxygen atoms in total. The van der Waals surface area contributed by atoms with E-state index in [1.54, 1.807) is 0 Å². The highest BCUT2D eigenvalue weighted by Gasteiger charge is 2.41. The zero-order valence-electron chi connectivity index (χ0n) is 13.6. The van der Waals surface area contributed by atoms with Crippen LogP contribution in [-0.2, 0) is 4.79 Å². The van der Waals surface area contributed by atoms with Crippen molar-refractivity contribution in [2.24, 2.45) is 11.3 Å². The highest BCUT2D eigenvalue weighted by molar-refractivity contribution is 5.85. The lowest BCUT2D eigenvalue weighted by Crippen LogP contribution is -2.48. The predicted molar refractivity (Wildman–Crippen MR) is 89.9 cm³/mol. The van der Waals surface area contributed by atoms with E-state index >= 15 is 0 Å². The summed E-state index contributed by atoms with van der Waals surface area (Å²) in [5, 5.41) is 6.57. The molecule has 2 rings (SSSR count). The molecule has 0 spiro atoms. The normalized spacial score (nSPS) is 22.0. The Labute approximate surface area is 135 Å². The molecule has 1 saturated carbocycles. The van der Waals surface area contributed by atoms with E-state index in [2.05, 4.69) is 29.4 Å². The van der Waals surface area contributed by atoms with Crippen molar-refractivity contribution < 1.29 is 4.79 Å². The minimum absolute atomic E-state index is 0. The molecule has 21 heavy (non-hydrogen) atoms. The van der Waals surface area contributed by atoms with Crippen LogP contribution < -0.4 is 10.6 Å². The average molecular weight is 318 g/mol. The van der Waals surface area contributed by atoms with Gasteiger partial charge in [-0.3, -0.25) is 9.69 Å². The van der Waals surface area contributed by atoms with E-state index in [1.807, 2.05) is 0 Å². The second kappa shape index (κ2) is 8.96. The molecule has 5 heteroatoms. The molecule has 1 saturated heterocycles. The molecule has 0 radical (unpaired) electrons. The molecule has 1 aliphatic carbocycles. The van der Waals surface area contributed by atoms with Crippen molar-refractivity contribution in [1.29, 1.82) is 0 Å². The highest BCUT2D eigenvalue weighted by atomic mass is 35.5. The molecule has 0 aromatic carbocycles. The second-order valence-corrected chi connectivity index (χ2v) is 6.93. The van der Waals surface area contributed by atoms with E-state index in [0.29, 0.717) is 11.8 Å². The van der Waals surface area contributed by atoms with Gasteiger partial charge < -0.3 is 10.6 Å². The van der Waals surface area contributed by atoms with Crippen LogP contribution in [0.25, 0.3) is 0 Å². The van der Waals surface area contributed by atoms with Gasteiger partial charge in [0.2, 0.25) is 5.91 Å². The van der Waals surface area contributed by atoms with E-state index in [4.69, 9.17) is 0 Å². The number of amides is 1. The summed E-state index contributed by atoms with van der Waals surface area (Å²) >= 11 is 0. The van der Waals surface area contributed by atoms with Gasteiger partial charge in [-0.05, 0) is 25.2 Å². The summed E-state index contributed by atoms with van der Waals surface area (Å²) in [7, 11) is 0. The number of carbonyl (C=O) groups is 1. The first-order chi connectivity index (χ1) is 9.62. The van der Waals surface area contributed by atoms with Crippen LogP contribution in [0, 0.1) is 11.3 Å². The summed E-state index contributed by atoms with van der Waals surface area (Å²) in [6.45, 7) is 10.6. The van der Waals surface area contributed by atoms with Crippen LogP contribution in [0.15, 0.2) is 0 Å². The van der Waals surface area contributed by atoms with Crippen LogP contribution in [-0.4, -0.2) is 50.1 Å². The van der Waals surface area contributed by atoms with Gasteiger partial charge in [-0.2, -0.15) is 0 Å². The molecule has 1 amide bonds. The molecular weight excluding hydrogens is 286 g/mol. The Hall–Kier alpha value is -0.320.